The lowest BCUT2D eigenvalue weighted by atomic mass is 9.98. The number of carbonyl (C=O) groups excluding carboxylic acids is 2. The number of nitrogens with two attached hydrogens (primary N) is 1. The van der Waals surface area contributed by atoms with Gasteiger partial charge in [0.25, 0.3) is 0 Å². The van der Waals surface area contributed by atoms with Gasteiger partial charge in [-0.1, -0.05) is 13.3 Å². The number of hydrogen-bond donors (Lipinski definition) is 3. The third kappa shape index (κ3) is 9.23. The first kappa shape index (κ1) is 30.9. The summed E-state index contributed by atoms with van der Waals surface area (Å²) in [6, 6.07) is -0.848. The predicted molar refractivity (Wildman–Crippen MR) is 147 cm³/mol. The van der Waals surface area contributed by atoms with Crippen LogP contribution in [0.4, 0.5) is 5.82 Å². The standard InChI is InChI=1S/C25H42N7O6P/c1-16(2)37-24(33)17(3)11-30-39(35,31-19(5)25(34)38-20-9-7-6-8-10-20)15-36-18(4)12-32-14-29-21-22(26)27-13-28-23(21)32/h13-14,16-20H,6-12,15H2,1-5H3,(H2,26,27,28)(H2,30,31,35). The number of rotatable bonds is 14. The molecular formula is C25H42N7O6P. The van der Waals surface area contributed by atoms with E-state index in [-0.39, 0.29) is 30.9 Å². The maximum absolute atomic E-state index is 14.0. The van der Waals surface area contributed by atoms with Crippen molar-refractivity contribution in [3.8, 4) is 0 Å². The van der Waals surface area contributed by atoms with Crippen molar-refractivity contribution in [3.63, 3.8) is 0 Å². The molecule has 0 radical (unpaired) electrons. The summed E-state index contributed by atoms with van der Waals surface area (Å²) in [5.41, 5.74) is 6.92. The number of nitrogen functional groups attached to an aromatic ring is 1. The van der Waals surface area contributed by atoms with Gasteiger partial charge >= 0.3 is 11.9 Å². The zero-order valence-corrected chi connectivity index (χ0v) is 24.4. The lowest BCUT2D eigenvalue weighted by Crippen LogP contribution is -2.41. The van der Waals surface area contributed by atoms with Crippen LogP contribution in [0.5, 0.6) is 0 Å². The molecule has 0 aliphatic heterocycles. The van der Waals surface area contributed by atoms with Gasteiger partial charge in [-0.25, -0.2) is 20.0 Å². The molecule has 39 heavy (non-hydrogen) atoms. The molecule has 4 atom stereocenters. The number of nitrogens with one attached hydrogen (secondary N) is 2. The van der Waals surface area contributed by atoms with Crippen LogP contribution < -0.4 is 15.9 Å². The van der Waals surface area contributed by atoms with Crippen molar-refractivity contribution in [3.05, 3.63) is 12.7 Å². The molecule has 2 heterocycles. The van der Waals surface area contributed by atoms with E-state index in [0.29, 0.717) is 17.7 Å². The molecule has 14 heteroatoms. The number of imidazole rings is 1. The normalized spacial score (nSPS) is 18.4. The number of esters is 2. The van der Waals surface area contributed by atoms with Crippen molar-refractivity contribution >= 4 is 36.4 Å². The number of anilines is 1. The van der Waals surface area contributed by atoms with Crippen LogP contribution in [0.25, 0.3) is 11.2 Å². The summed E-state index contributed by atoms with van der Waals surface area (Å²) >= 11 is 0. The Kier molecular flexibility index (Phi) is 11.2. The lowest BCUT2D eigenvalue weighted by Gasteiger charge is -2.28. The smallest absolute Gasteiger partial charge is 0.323 e. The topological polar surface area (TPSA) is 173 Å². The van der Waals surface area contributed by atoms with Gasteiger partial charge in [0.05, 0.1) is 31.0 Å². The van der Waals surface area contributed by atoms with E-state index in [1.54, 1.807) is 38.6 Å². The molecule has 3 rings (SSSR count). The molecule has 1 aliphatic carbocycles. The van der Waals surface area contributed by atoms with E-state index in [1.165, 1.54) is 6.33 Å². The van der Waals surface area contributed by atoms with E-state index in [0.717, 1.165) is 32.1 Å². The molecule has 13 nitrogen and oxygen atoms in total. The summed E-state index contributed by atoms with van der Waals surface area (Å²) in [7, 11) is -3.51. The van der Waals surface area contributed by atoms with E-state index >= 15 is 0 Å². The summed E-state index contributed by atoms with van der Waals surface area (Å²) in [5, 5.41) is 5.85. The molecule has 0 amide bonds. The highest BCUT2D eigenvalue weighted by Crippen LogP contribution is 2.38. The third-order valence-corrected chi connectivity index (χ3v) is 8.43. The highest BCUT2D eigenvalue weighted by molar-refractivity contribution is 7.59. The predicted octanol–water partition coefficient (Wildman–Crippen LogP) is 3.00. The van der Waals surface area contributed by atoms with Gasteiger partial charge in [0.15, 0.2) is 11.5 Å². The highest BCUT2D eigenvalue weighted by Gasteiger charge is 2.31. The highest BCUT2D eigenvalue weighted by atomic mass is 31.2. The van der Waals surface area contributed by atoms with Crippen molar-refractivity contribution < 1.29 is 28.4 Å². The molecule has 1 aliphatic rings. The van der Waals surface area contributed by atoms with Crippen molar-refractivity contribution in [1.29, 1.82) is 0 Å². The number of ether oxygens (including phenoxy) is 3. The van der Waals surface area contributed by atoms with Crippen LogP contribution in [0, 0.1) is 5.92 Å². The molecule has 0 aromatic carbocycles. The van der Waals surface area contributed by atoms with Gasteiger partial charge in [0.1, 0.15) is 30.3 Å². The van der Waals surface area contributed by atoms with Gasteiger partial charge < -0.3 is 24.5 Å². The summed E-state index contributed by atoms with van der Waals surface area (Å²) in [6.45, 7) is 9.09. The van der Waals surface area contributed by atoms with Crippen LogP contribution in [0.15, 0.2) is 12.7 Å². The number of nitrogens with zero attached hydrogens (tertiary/aromatic N) is 4. The molecule has 0 spiro atoms. The first-order valence-electron chi connectivity index (χ1n) is 13.5. The molecule has 1 saturated carbocycles. The Morgan fingerprint density at radius 1 is 1.10 bits per heavy atom. The Morgan fingerprint density at radius 3 is 2.51 bits per heavy atom. The summed E-state index contributed by atoms with van der Waals surface area (Å²) < 4.78 is 32.6. The van der Waals surface area contributed by atoms with Gasteiger partial charge in [-0.2, -0.15) is 0 Å². The van der Waals surface area contributed by atoms with Crippen molar-refractivity contribution in [1.82, 2.24) is 29.7 Å². The van der Waals surface area contributed by atoms with Crippen molar-refractivity contribution in [2.75, 3.05) is 18.6 Å². The van der Waals surface area contributed by atoms with Gasteiger partial charge in [0, 0.05) is 6.54 Å². The lowest BCUT2D eigenvalue weighted by molar-refractivity contribution is -0.152. The summed E-state index contributed by atoms with van der Waals surface area (Å²) in [5.74, 6) is -1.15. The molecule has 218 valence electrons. The van der Waals surface area contributed by atoms with Crippen LogP contribution in [0.2, 0.25) is 0 Å². The fraction of sp³-hybridized carbons (Fsp3) is 0.720. The number of carbonyl (C=O) groups is 2. The average molecular weight is 568 g/mol. The van der Waals surface area contributed by atoms with Crippen LogP contribution in [-0.4, -0.2) is 68.7 Å². The summed E-state index contributed by atoms with van der Waals surface area (Å²) in [4.78, 5) is 37.5. The van der Waals surface area contributed by atoms with E-state index in [4.69, 9.17) is 19.9 Å². The molecular weight excluding hydrogens is 525 g/mol. The van der Waals surface area contributed by atoms with Gasteiger partial charge in [-0.3, -0.25) is 19.2 Å². The number of aromatic nitrogens is 4. The van der Waals surface area contributed by atoms with Gasteiger partial charge in [-0.15, -0.1) is 0 Å². The molecule has 0 bridgehead atoms. The largest absolute Gasteiger partial charge is 0.463 e. The Morgan fingerprint density at radius 2 is 1.82 bits per heavy atom. The zero-order valence-electron chi connectivity index (χ0n) is 23.5. The number of fused-ring (bicyclic) bond motifs is 1. The summed E-state index contributed by atoms with van der Waals surface area (Å²) in [6.07, 6.45) is 6.82. The fourth-order valence-electron chi connectivity index (χ4n) is 4.25. The van der Waals surface area contributed by atoms with Crippen LogP contribution in [-0.2, 0) is 34.9 Å². The second-order valence-corrected chi connectivity index (χ2v) is 12.8. The second kappa shape index (κ2) is 14.2. The SMILES string of the molecule is CC(C)OC(=O)C(C)CNP(=O)(COC(C)Cn1cnc2c(N)ncnc21)NC(C)C(=O)OC1CCCCC1. The Hall–Kier alpha value is -2.60. The van der Waals surface area contributed by atoms with Crippen LogP contribution >= 0.6 is 7.44 Å². The van der Waals surface area contributed by atoms with Gasteiger partial charge in [0.2, 0.25) is 7.44 Å². The third-order valence-electron chi connectivity index (χ3n) is 6.42. The Bertz CT molecular complexity index is 1150. The van der Waals surface area contributed by atoms with Crippen molar-refractivity contribution in [2.24, 2.45) is 5.92 Å². The molecule has 1 fully saturated rings. The quantitative estimate of drug-likeness (QED) is 0.225. The minimum Gasteiger partial charge on any atom is -0.463 e. The van der Waals surface area contributed by atoms with E-state index < -0.39 is 37.4 Å². The van der Waals surface area contributed by atoms with E-state index in [9.17, 15) is 14.2 Å². The fourth-order valence-corrected chi connectivity index (χ4v) is 6.28. The maximum atomic E-state index is 14.0. The Balaban J connectivity index is 1.64. The molecule has 2 aromatic heterocycles. The molecule has 0 saturated heterocycles. The first-order valence-corrected chi connectivity index (χ1v) is 15.4. The first-order chi connectivity index (χ1) is 18.5. The monoisotopic (exact) mass is 567 g/mol. The second-order valence-electron chi connectivity index (χ2n) is 10.5. The van der Waals surface area contributed by atoms with Crippen LogP contribution in [0.1, 0.15) is 66.7 Å². The Labute approximate surface area is 229 Å². The molecule has 2 aromatic rings. The van der Waals surface area contributed by atoms with E-state index in [2.05, 4.69) is 25.1 Å². The zero-order chi connectivity index (χ0) is 28.6. The average Bonchev–Trinajstić information content (AvgIpc) is 3.30. The number of hydrogen-bond acceptors (Lipinski definition) is 10. The minimum atomic E-state index is -3.51. The maximum Gasteiger partial charge on any atom is 0.323 e. The van der Waals surface area contributed by atoms with Crippen molar-refractivity contribution in [2.45, 2.75) is 97.6 Å². The molecule has 4 unspecified atom stereocenters. The van der Waals surface area contributed by atoms with E-state index in [1.807, 2.05) is 6.92 Å². The molecule has 4 N–H and O–H groups in total. The van der Waals surface area contributed by atoms with Gasteiger partial charge in [-0.05, 0) is 53.4 Å². The van der Waals surface area contributed by atoms with Crippen LogP contribution in [0.3, 0.4) is 0 Å². The minimum absolute atomic E-state index is 0.0698.